The lowest BCUT2D eigenvalue weighted by Gasteiger charge is -2.39. The highest BCUT2D eigenvalue weighted by Crippen LogP contribution is 2.44. The highest BCUT2D eigenvalue weighted by Gasteiger charge is 2.47. The normalized spacial score (nSPS) is 24.8. The number of imidazole rings is 1. The first kappa shape index (κ1) is 18.8. The van der Waals surface area contributed by atoms with Crippen LogP contribution in [0.15, 0.2) is 24.3 Å². The summed E-state index contributed by atoms with van der Waals surface area (Å²) >= 11 is 0. The van der Waals surface area contributed by atoms with Crippen LogP contribution in [0.1, 0.15) is 61.1 Å². The van der Waals surface area contributed by atoms with Gasteiger partial charge < -0.3 is 14.6 Å². The van der Waals surface area contributed by atoms with E-state index in [0.717, 1.165) is 75.0 Å². The molecule has 1 aromatic heterocycles. The Hall–Kier alpha value is -2.21. The molecule has 6 heteroatoms. The van der Waals surface area contributed by atoms with E-state index in [-0.39, 0.29) is 11.7 Å². The molecule has 0 radical (unpaired) electrons. The van der Waals surface area contributed by atoms with Crippen LogP contribution >= 0.6 is 0 Å². The van der Waals surface area contributed by atoms with Gasteiger partial charge in [0.2, 0.25) is 0 Å². The van der Waals surface area contributed by atoms with Gasteiger partial charge in [-0.25, -0.2) is 9.37 Å². The van der Waals surface area contributed by atoms with Crippen molar-refractivity contribution in [2.75, 3.05) is 13.1 Å². The summed E-state index contributed by atoms with van der Waals surface area (Å²) in [5.74, 6) is 0.745. The van der Waals surface area contributed by atoms with Gasteiger partial charge in [-0.1, -0.05) is 6.42 Å². The summed E-state index contributed by atoms with van der Waals surface area (Å²) in [5, 5.41) is 11.0. The molecule has 1 aliphatic carbocycles. The molecule has 1 unspecified atom stereocenters. The number of amides is 1. The summed E-state index contributed by atoms with van der Waals surface area (Å²) in [6, 6.07) is 6.35. The van der Waals surface area contributed by atoms with Crippen molar-refractivity contribution in [2.45, 2.75) is 63.5 Å². The molecule has 1 aromatic carbocycles. The van der Waals surface area contributed by atoms with Crippen LogP contribution in [0.4, 0.5) is 4.39 Å². The van der Waals surface area contributed by atoms with E-state index in [9.17, 15) is 14.3 Å². The van der Waals surface area contributed by atoms with E-state index in [1.165, 1.54) is 12.1 Å². The number of nitrogens with zero attached hydrogens (tertiary/aromatic N) is 3. The summed E-state index contributed by atoms with van der Waals surface area (Å²) in [4.78, 5) is 20.1. The molecule has 2 aliphatic heterocycles. The first-order chi connectivity index (χ1) is 14.0. The SMILES string of the molecule is O=C(c1nc(-c2ccc(F)cc2)n2c1CCCCC2)N1CCCC(O)(C2CC2)C1. The van der Waals surface area contributed by atoms with Gasteiger partial charge in [-0.2, -0.15) is 0 Å². The Labute approximate surface area is 170 Å². The Kier molecular flexibility index (Phi) is 4.69. The lowest BCUT2D eigenvalue weighted by molar-refractivity contribution is -0.0409. The smallest absolute Gasteiger partial charge is 0.274 e. The van der Waals surface area contributed by atoms with E-state index in [2.05, 4.69) is 4.57 Å². The average Bonchev–Trinajstić information content (AvgIpc) is 3.55. The third kappa shape index (κ3) is 3.48. The fourth-order valence-electron chi connectivity index (χ4n) is 5.05. The molecule has 29 heavy (non-hydrogen) atoms. The van der Waals surface area contributed by atoms with Gasteiger partial charge in [-0.15, -0.1) is 0 Å². The fourth-order valence-corrected chi connectivity index (χ4v) is 5.05. The molecule has 1 N–H and O–H groups in total. The van der Waals surface area contributed by atoms with Crippen LogP contribution in [0.3, 0.4) is 0 Å². The minimum absolute atomic E-state index is 0.0669. The van der Waals surface area contributed by atoms with Crippen molar-refractivity contribution in [2.24, 2.45) is 5.92 Å². The Bertz CT molecular complexity index is 919. The zero-order chi connectivity index (χ0) is 20.0. The number of aliphatic hydroxyl groups is 1. The predicted octanol–water partition coefficient (Wildman–Crippen LogP) is 3.79. The molecule has 154 valence electrons. The summed E-state index contributed by atoms with van der Waals surface area (Å²) in [6.45, 7) is 1.91. The topological polar surface area (TPSA) is 58.4 Å². The van der Waals surface area contributed by atoms with E-state index in [4.69, 9.17) is 4.98 Å². The maximum absolute atomic E-state index is 13.5. The molecule has 1 amide bonds. The van der Waals surface area contributed by atoms with E-state index in [1.807, 2.05) is 4.90 Å². The van der Waals surface area contributed by atoms with Crippen LogP contribution in [0.2, 0.25) is 0 Å². The molecule has 2 aromatic rings. The molecule has 1 saturated carbocycles. The van der Waals surface area contributed by atoms with Crippen molar-refractivity contribution in [1.82, 2.24) is 14.5 Å². The summed E-state index contributed by atoms with van der Waals surface area (Å²) in [7, 11) is 0. The maximum atomic E-state index is 13.5. The Morgan fingerprint density at radius 1 is 1.10 bits per heavy atom. The number of likely N-dealkylation sites (tertiary alicyclic amines) is 1. The van der Waals surface area contributed by atoms with E-state index < -0.39 is 5.60 Å². The Balaban J connectivity index is 1.50. The van der Waals surface area contributed by atoms with E-state index >= 15 is 0 Å². The van der Waals surface area contributed by atoms with Crippen molar-refractivity contribution in [1.29, 1.82) is 0 Å². The molecule has 5 nitrogen and oxygen atoms in total. The average molecular weight is 397 g/mol. The van der Waals surface area contributed by atoms with Crippen LogP contribution in [0, 0.1) is 11.7 Å². The minimum Gasteiger partial charge on any atom is -0.388 e. The van der Waals surface area contributed by atoms with Gasteiger partial charge in [0.15, 0.2) is 0 Å². The van der Waals surface area contributed by atoms with Crippen LogP contribution in [-0.2, 0) is 13.0 Å². The lowest BCUT2D eigenvalue weighted by atomic mass is 9.88. The van der Waals surface area contributed by atoms with Crippen molar-refractivity contribution in [3.63, 3.8) is 0 Å². The van der Waals surface area contributed by atoms with Gasteiger partial charge in [0.1, 0.15) is 17.3 Å². The molecule has 2 fully saturated rings. The standard InChI is InChI=1S/C23H28FN3O2/c24-18-10-6-16(7-11-18)21-25-20(19-5-2-1-3-14-27(19)21)22(28)26-13-4-12-23(29,15-26)17-8-9-17/h6-7,10-11,17,29H,1-5,8-9,12-15H2. The summed E-state index contributed by atoms with van der Waals surface area (Å²) < 4.78 is 15.6. The second-order valence-electron chi connectivity index (χ2n) is 8.91. The van der Waals surface area contributed by atoms with Crippen molar-refractivity contribution in [3.05, 3.63) is 41.5 Å². The highest BCUT2D eigenvalue weighted by molar-refractivity contribution is 5.94. The van der Waals surface area contributed by atoms with Gasteiger partial charge in [-0.05, 0) is 75.1 Å². The number of carbonyl (C=O) groups excluding carboxylic acids is 1. The lowest BCUT2D eigenvalue weighted by Crippen LogP contribution is -2.51. The number of halogens is 1. The number of benzene rings is 1. The molecule has 3 aliphatic rings. The number of hydrogen-bond acceptors (Lipinski definition) is 3. The summed E-state index contributed by atoms with van der Waals surface area (Å²) in [5.41, 5.74) is 1.62. The first-order valence-electron chi connectivity index (χ1n) is 10.9. The maximum Gasteiger partial charge on any atom is 0.274 e. The van der Waals surface area contributed by atoms with Gasteiger partial charge in [0.25, 0.3) is 5.91 Å². The monoisotopic (exact) mass is 397 g/mol. The molecule has 3 heterocycles. The number of fused-ring (bicyclic) bond motifs is 1. The number of rotatable bonds is 3. The van der Waals surface area contributed by atoms with Crippen LogP contribution < -0.4 is 0 Å². The van der Waals surface area contributed by atoms with Crippen molar-refractivity contribution < 1.29 is 14.3 Å². The number of piperidine rings is 1. The van der Waals surface area contributed by atoms with E-state index in [1.54, 1.807) is 12.1 Å². The van der Waals surface area contributed by atoms with Gasteiger partial charge in [-0.3, -0.25) is 4.79 Å². The highest BCUT2D eigenvalue weighted by atomic mass is 19.1. The third-order valence-corrected chi connectivity index (χ3v) is 6.80. The van der Waals surface area contributed by atoms with Gasteiger partial charge in [0, 0.05) is 18.7 Å². The summed E-state index contributed by atoms with van der Waals surface area (Å²) in [6.07, 6.45) is 7.79. The van der Waals surface area contributed by atoms with Crippen LogP contribution in [0.25, 0.3) is 11.4 Å². The number of carbonyl (C=O) groups is 1. The van der Waals surface area contributed by atoms with E-state index in [0.29, 0.717) is 24.7 Å². The Morgan fingerprint density at radius 2 is 1.90 bits per heavy atom. The zero-order valence-electron chi connectivity index (χ0n) is 16.7. The molecule has 1 atom stereocenters. The molecule has 5 rings (SSSR count). The zero-order valence-corrected chi connectivity index (χ0v) is 16.7. The van der Waals surface area contributed by atoms with Gasteiger partial charge in [0.05, 0.1) is 17.8 Å². The second-order valence-corrected chi connectivity index (χ2v) is 8.91. The Morgan fingerprint density at radius 3 is 2.66 bits per heavy atom. The largest absolute Gasteiger partial charge is 0.388 e. The van der Waals surface area contributed by atoms with Crippen molar-refractivity contribution in [3.8, 4) is 11.4 Å². The van der Waals surface area contributed by atoms with Gasteiger partial charge >= 0.3 is 0 Å². The second kappa shape index (κ2) is 7.24. The minimum atomic E-state index is -0.732. The molecule has 0 bridgehead atoms. The first-order valence-corrected chi connectivity index (χ1v) is 10.9. The number of aromatic nitrogens is 2. The molecule has 1 saturated heterocycles. The quantitative estimate of drug-likeness (QED) is 0.857. The fraction of sp³-hybridized carbons (Fsp3) is 0.565. The van der Waals surface area contributed by atoms with Crippen molar-refractivity contribution >= 4 is 5.91 Å². The predicted molar refractivity (Wildman–Crippen MR) is 108 cm³/mol. The number of hydrogen-bond donors (Lipinski definition) is 1. The van der Waals surface area contributed by atoms with Crippen LogP contribution in [-0.4, -0.2) is 44.2 Å². The number of β-amino-alcohol motifs (C(OH)–C–C–N with tert-alkyl or cyclic N) is 1. The third-order valence-electron chi connectivity index (χ3n) is 6.80. The molecular weight excluding hydrogens is 369 g/mol. The molecule has 0 spiro atoms. The van der Waals surface area contributed by atoms with Crippen LogP contribution in [0.5, 0.6) is 0 Å². The molecular formula is C23H28FN3O2.